The SMILES string of the molecule is CCCCCC1C(c2ccccc2)=NNc2nc3c(c(=O)n(C)c(=O)n3C)n21. The van der Waals surface area contributed by atoms with Gasteiger partial charge in [-0.25, -0.2) is 10.2 Å². The third-order valence-corrected chi connectivity index (χ3v) is 5.35. The molecule has 0 bridgehead atoms. The van der Waals surface area contributed by atoms with E-state index in [1.165, 1.54) is 11.6 Å². The van der Waals surface area contributed by atoms with Gasteiger partial charge >= 0.3 is 5.69 Å². The molecule has 2 aromatic heterocycles. The summed E-state index contributed by atoms with van der Waals surface area (Å²) in [6, 6.07) is 9.84. The van der Waals surface area contributed by atoms with Crippen LogP contribution in [-0.2, 0) is 14.1 Å². The summed E-state index contributed by atoms with van der Waals surface area (Å²) in [4.78, 5) is 29.8. The molecule has 4 rings (SSSR count). The van der Waals surface area contributed by atoms with E-state index in [-0.39, 0.29) is 17.3 Å². The standard InChI is InChI=1S/C20H24N6O2/c1-4-5-7-12-14-15(13-10-8-6-9-11-13)22-23-19-21-17-16(26(14)19)18(27)25(3)20(28)24(17)2/h6,8-11,14H,4-5,7,12H2,1-3H3,(H,21,23). The Morgan fingerprint density at radius 2 is 1.82 bits per heavy atom. The van der Waals surface area contributed by atoms with Gasteiger partial charge < -0.3 is 0 Å². The van der Waals surface area contributed by atoms with Gasteiger partial charge in [-0.05, 0) is 12.0 Å². The number of rotatable bonds is 5. The third-order valence-electron chi connectivity index (χ3n) is 5.35. The van der Waals surface area contributed by atoms with Crippen LogP contribution in [0.4, 0.5) is 5.95 Å². The number of nitrogens with zero attached hydrogens (tertiary/aromatic N) is 5. The Hall–Kier alpha value is -3.16. The zero-order chi connectivity index (χ0) is 19.8. The van der Waals surface area contributed by atoms with Crippen LogP contribution in [0, 0.1) is 0 Å². The molecule has 146 valence electrons. The molecule has 8 heteroatoms. The smallest absolute Gasteiger partial charge is 0.294 e. The van der Waals surface area contributed by atoms with Crippen LogP contribution < -0.4 is 16.7 Å². The Kier molecular flexibility index (Phi) is 4.62. The molecule has 0 fully saturated rings. The van der Waals surface area contributed by atoms with Crippen molar-refractivity contribution < 1.29 is 0 Å². The van der Waals surface area contributed by atoms with E-state index < -0.39 is 0 Å². The Labute approximate surface area is 162 Å². The fourth-order valence-electron chi connectivity index (χ4n) is 3.82. The van der Waals surface area contributed by atoms with Crippen LogP contribution >= 0.6 is 0 Å². The van der Waals surface area contributed by atoms with E-state index in [0.29, 0.717) is 17.1 Å². The van der Waals surface area contributed by atoms with Gasteiger partial charge in [-0.2, -0.15) is 10.1 Å². The molecular weight excluding hydrogens is 356 g/mol. The molecule has 1 aromatic carbocycles. The first-order valence-electron chi connectivity index (χ1n) is 9.61. The lowest BCUT2D eigenvalue weighted by atomic mass is 9.97. The van der Waals surface area contributed by atoms with Crippen molar-refractivity contribution in [2.45, 2.75) is 38.6 Å². The van der Waals surface area contributed by atoms with Crippen molar-refractivity contribution >= 4 is 22.8 Å². The van der Waals surface area contributed by atoms with Crippen LogP contribution in [0.25, 0.3) is 11.2 Å². The number of imidazole rings is 1. The van der Waals surface area contributed by atoms with Crippen molar-refractivity contribution in [3.63, 3.8) is 0 Å². The topological polar surface area (TPSA) is 86.2 Å². The summed E-state index contributed by atoms with van der Waals surface area (Å²) in [6.07, 6.45) is 4.06. The van der Waals surface area contributed by atoms with Crippen molar-refractivity contribution in [2.75, 3.05) is 5.43 Å². The first kappa shape index (κ1) is 18.2. The fraction of sp³-hybridized carbons (Fsp3) is 0.400. The van der Waals surface area contributed by atoms with E-state index in [1.807, 2.05) is 34.9 Å². The molecule has 0 amide bonds. The second-order valence-electron chi connectivity index (χ2n) is 7.17. The predicted molar refractivity (Wildman–Crippen MR) is 110 cm³/mol. The normalized spacial score (nSPS) is 16.0. The van der Waals surface area contributed by atoms with Gasteiger partial charge in [0.2, 0.25) is 5.95 Å². The summed E-state index contributed by atoms with van der Waals surface area (Å²) in [5, 5.41) is 4.59. The van der Waals surface area contributed by atoms with Gasteiger partial charge in [0.05, 0.1) is 11.8 Å². The fourth-order valence-corrected chi connectivity index (χ4v) is 3.82. The highest BCUT2D eigenvalue weighted by molar-refractivity contribution is 6.05. The summed E-state index contributed by atoms with van der Waals surface area (Å²) in [5.41, 5.74) is 4.95. The van der Waals surface area contributed by atoms with Gasteiger partial charge in [0.1, 0.15) is 0 Å². The van der Waals surface area contributed by atoms with Gasteiger partial charge in [-0.1, -0.05) is 56.5 Å². The number of nitrogens with one attached hydrogen (secondary N) is 1. The summed E-state index contributed by atoms with van der Waals surface area (Å²) in [6.45, 7) is 2.16. The van der Waals surface area contributed by atoms with Crippen molar-refractivity contribution in [3.8, 4) is 0 Å². The van der Waals surface area contributed by atoms with Crippen LogP contribution in [0.15, 0.2) is 45.0 Å². The molecule has 1 atom stereocenters. The van der Waals surface area contributed by atoms with E-state index in [1.54, 1.807) is 7.05 Å². The maximum absolute atomic E-state index is 13.0. The first-order valence-corrected chi connectivity index (χ1v) is 9.61. The molecule has 8 nitrogen and oxygen atoms in total. The number of aryl methyl sites for hydroxylation is 1. The number of hydrogen-bond donors (Lipinski definition) is 1. The average molecular weight is 380 g/mol. The van der Waals surface area contributed by atoms with E-state index in [4.69, 9.17) is 0 Å². The molecule has 0 saturated carbocycles. The third kappa shape index (κ3) is 2.76. The molecular formula is C20H24N6O2. The summed E-state index contributed by atoms with van der Waals surface area (Å²) in [5.74, 6) is 0.495. The molecule has 1 N–H and O–H groups in total. The van der Waals surface area contributed by atoms with E-state index in [2.05, 4.69) is 22.4 Å². The van der Waals surface area contributed by atoms with Gasteiger partial charge in [0.25, 0.3) is 5.56 Å². The van der Waals surface area contributed by atoms with Crippen LogP contribution in [0.2, 0.25) is 0 Å². The first-order chi connectivity index (χ1) is 13.5. The van der Waals surface area contributed by atoms with Crippen LogP contribution in [0.5, 0.6) is 0 Å². The van der Waals surface area contributed by atoms with Crippen LogP contribution in [0.1, 0.15) is 44.2 Å². The maximum atomic E-state index is 13.0. The minimum atomic E-state index is -0.389. The molecule has 0 radical (unpaired) electrons. The lowest BCUT2D eigenvalue weighted by Gasteiger charge is -2.27. The molecule has 0 saturated heterocycles. The predicted octanol–water partition coefficient (Wildman–Crippen LogP) is 2.38. The highest BCUT2D eigenvalue weighted by atomic mass is 16.2. The summed E-state index contributed by atoms with van der Waals surface area (Å²) < 4.78 is 4.46. The highest BCUT2D eigenvalue weighted by Crippen LogP contribution is 2.32. The number of benzene rings is 1. The minimum absolute atomic E-state index is 0.125. The van der Waals surface area contributed by atoms with Gasteiger partial charge in [-0.3, -0.25) is 18.5 Å². The van der Waals surface area contributed by atoms with Crippen LogP contribution in [-0.4, -0.2) is 24.4 Å². The van der Waals surface area contributed by atoms with E-state index >= 15 is 0 Å². The molecule has 28 heavy (non-hydrogen) atoms. The molecule has 1 aliphatic heterocycles. The van der Waals surface area contributed by atoms with Gasteiger partial charge in [-0.15, -0.1) is 0 Å². The van der Waals surface area contributed by atoms with Gasteiger partial charge in [0, 0.05) is 14.1 Å². The molecule has 3 aromatic rings. The summed E-state index contributed by atoms with van der Waals surface area (Å²) >= 11 is 0. The van der Waals surface area contributed by atoms with Crippen molar-refractivity contribution in [3.05, 3.63) is 56.7 Å². The Balaban J connectivity index is 1.95. The number of hydrogen-bond acceptors (Lipinski definition) is 5. The Morgan fingerprint density at radius 1 is 1.07 bits per heavy atom. The zero-order valence-corrected chi connectivity index (χ0v) is 16.3. The number of aromatic nitrogens is 4. The molecule has 0 aliphatic carbocycles. The van der Waals surface area contributed by atoms with E-state index in [9.17, 15) is 9.59 Å². The number of hydrazone groups is 1. The molecule has 0 spiro atoms. The van der Waals surface area contributed by atoms with Gasteiger partial charge in [0.15, 0.2) is 11.2 Å². The highest BCUT2D eigenvalue weighted by Gasteiger charge is 2.31. The number of fused-ring (bicyclic) bond motifs is 3. The monoisotopic (exact) mass is 380 g/mol. The minimum Gasteiger partial charge on any atom is -0.294 e. The molecule has 1 unspecified atom stereocenters. The number of anilines is 1. The maximum Gasteiger partial charge on any atom is 0.332 e. The van der Waals surface area contributed by atoms with Crippen molar-refractivity contribution in [2.24, 2.45) is 19.2 Å². The number of unbranched alkanes of at least 4 members (excludes halogenated alkanes) is 2. The second-order valence-corrected chi connectivity index (χ2v) is 7.17. The Morgan fingerprint density at radius 3 is 2.54 bits per heavy atom. The second kappa shape index (κ2) is 7.10. The summed E-state index contributed by atoms with van der Waals surface area (Å²) in [7, 11) is 3.13. The zero-order valence-electron chi connectivity index (χ0n) is 16.3. The van der Waals surface area contributed by atoms with Crippen LogP contribution in [0.3, 0.4) is 0 Å². The Bertz CT molecular complexity index is 1170. The quantitative estimate of drug-likeness (QED) is 0.689. The lowest BCUT2D eigenvalue weighted by molar-refractivity contribution is 0.545. The van der Waals surface area contributed by atoms with E-state index in [0.717, 1.165) is 41.5 Å². The molecule has 3 heterocycles. The average Bonchev–Trinajstić information content (AvgIpc) is 3.11. The van der Waals surface area contributed by atoms with Crippen molar-refractivity contribution in [1.29, 1.82) is 0 Å². The molecule has 1 aliphatic rings. The largest absolute Gasteiger partial charge is 0.332 e. The lowest BCUT2D eigenvalue weighted by Crippen LogP contribution is -2.38. The van der Waals surface area contributed by atoms with Crippen molar-refractivity contribution in [1.82, 2.24) is 18.7 Å².